The molecule has 1 fully saturated rings. The first kappa shape index (κ1) is 18.2. The van der Waals surface area contributed by atoms with Gasteiger partial charge >= 0.3 is 5.97 Å². The molecule has 136 valence electrons. The summed E-state index contributed by atoms with van der Waals surface area (Å²) in [7, 11) is 1.67. The van der Waals surface area contributed by atoms with Gasteiger partial charge in [-0.1, -0.05) is 23.7 Å². The molecule has 0 atom stereocenters. The minimum atomic E-state index is -0.981. The number of hydrogen-bond acceptors (Lipinski definition) is 4. The van der Waals surface area contributed by atoms with Gasteiger partial charge in [-0.2, -0.15) is 0 Å². The van der Waals surface area contributed by atoms with Gasteiger partial charge in [0.2, 0.25) is 5.88 Å². The van der Waals surface area contributed by atoms with Crippen LogP contribution in [0.1, 0.15) is 39.1 Å². The molecule has 0 aliphatic heterocycles. The maximum Gasteiger partial charge on any atom is 0.335 e. The number of halogens is 1. The van der Waals surface area contributed by atoms with Gasteiger partial charge in [-0.25, -0.2) is 9.78 Å². The molecule has 7 heteroatoms. The van der Waals surface area contributed by atoms with Gasteiger partial charge < -0.3 is 14.7 Å². The topological polar surface area (TPSA) is 79.7 Å². The standard InChI is InChI=1S/C19H19ClN2O4/c1-22(10-12-4-6-14(7-5-12)19(24)25)18(23)15-8-16(20)17(21-9-15)26-11-13-2-3-13/h4-9,13H,2-3,10-11H2,1H3,(H,24,25). The van der Waals surface area contributed by atoms with Crippen LogP contribution in [0.4, 0.5) is 0 Å². The Kier molecular flexibility index (Phi) is 5.42. The van der Waals surface area contributed by atoms with E-state index in [-0.39, 0.29) is 11.5 Å². The van der Waals surface area contributed by atoms with Gasteiger partial charge in [0.05, 0.1) is 17.7 Å². The monoisotopic (exact) mass is 374 g/mol. The number of hydrogen-bond donors (Lipinski definition) is 1. The van der Waals surface area contributed by atoms with E-state index in [1.54, 1.807) is 25.2 Å². The van der Waals surface area contributed by atoms with E-state index in [9.17, 15) is 9.59 Å². The Morgan fingerprint density at radius 1 is 1.27 bits per heavy atom. The second-order valence-electron chi connectivity index (χ2n) is 6.43. The summed E-state index contributed by atoms with van der Waals surface area (Å²) in [4.78, 5) is 29.1. The lowest BCUT2D eigenvalue weighted by Crippen LogP contribution is -2.26. The molecular weight excluding hydrogens is 356 g/mol. The third kappa shape index (κ3) is 4.52. The van der Waals surface area contributed by atoms with Crippen LogP contribution in [0, 0.1) is 5.92 Å². The van der Waals surface area contributed by atoms with Gasteiger partial charge in [0.1, 0.15) is 5.02 Å². The summed E-state index contributed by atoms with van der Waals surface area (Å²) in [5, 5.41) is 9.24. The highest BCUT2D eigenvalue weighted by Crippen LogP contribution is 2.31. The zero-order valence-electron chi connectivity index (χ0n) is 14.3. The third-order valence-corrected chi connectivity index (χ3v) is 4.45. The summed E-state index contributed by atoms with van der Waals surface area (Å²) in [6.45, 7) is 0.947. The van der Waals surface area contributed by atoms with Crippen molar-refractivity contribution in [1.29, 1.82) is 0 Å². The molecule has 6 nitrogen and oxygen atoms in total. The van der Waals surface area contributed by atoms with Crippen molar-refractivity contribution in [1.82, 2.24) is 9.88 Å². The number of rotatable bonds is 7. The molecule has 1 N–H and O–H groups in total. The molecule has 2 aromatic rings. The largest absolute Gasteiger partial charge is 0.478 e. The van der Waals surface area contributed by atoms with E-state index in [0.29, 0.717) is 35.5 Å². The van der Waals surface area contributed by atoms with Crippen LogP contribution in [0.15, 0.2) is 36.5 Å². The van der Waals surface area contributed by atoms with E-state index < -0.39 is 5.97 Å². The van der Waals surface area contributed by atoms with Crippen molar-refractivity contribution in [3.05, 3.63) is 58.2 Å². The highest BCUT2D eigenvalue weighted by Gasteiger charge is 2.23. The van der Waals surface area contributed by atoms with Gasteiger partial charge in [0, 0.05) is 19.8 Å². The summed E-state index contributed by atoms with van der Waals surface area (Å²) in [5.74, 6) is -0.268. The third-order valence-electron chi connectivity index (χ3n) is 4.17. The smallest absolute Gasteiger partial charge is 0.335 e. The lowest BCUT2D eigenvalue weighted by atomic mass is 10.1. The maximum atomic E-state index is 12.6. The summed E-state index contributed by atoms with van der Waals surface area (Å²) in [6, 6.07) is 7.96. The highest BCUT2D eigenvalue weighted by atomic mass is 35.5. The number of benzene rings is 1. The van der Waals surface area contributed by atoms with Crippen molar-refractivity contribution >= 4 is 23.5 Å². The Morgan fingerprint density at radius 3 is 2.54 bits per heavy atom. The lowest BCUT2D eigenvalue weighted by Gasteiger charge is -2.18. The van der Waals surface area contributed by atoms with Gasteiger partial charge in [-0.05, 0) is 42.5 Å². The molecule has 0 bridgehead atoms. The van der Waals surface area contributed by atoms with Crippen LogP contribution in [-0.4, -0.2) is 40.5 Å². The predicted molar refractivity (Wildman–Crippen MR) is 96.7 cm³/mol. The van der Waals surface area contributed by atoms with Gasteiger partial charge in [0.15, 0.2) is 0 Å². The highest BCUT2D eigenvalue weighted by molar-refractivity contribution is 6.32. The Morgan fingerprint density at radius 2 is 1.96 bits per heavy atom. The summed E-state index contributed by atoms with van der Waals surface area (Å²) < 4.78 is 5.57. The van der Waals surface area contributed by atoms with Gasteiger partial charge in [0.25, 0.3) is 5.91 Å². The molecule has 1 amide bonds. The molecular formula is C19H19ClN2O4. The molecule has 0 spiro atoms. The van der Waals surface area contributed by atoms with Crippen molar-refractivity contribution in [2.45, 2.75) is 19.4 Å². The van der Waals surface area contributed by atoms with Crippen LogP contribution in [0.3, 0.4) is 0 Å². The summed E-state index contributed by atoms with van der Waals surface area (Å²) in [5.41, 5.74) is 1.41. The molecule has 0 saturated heterocycles. The van der Waals surface area contributed by atoms with E-state index in [2.05, 4.69) is 4.98 Å². The number of carboxylic acids is 1. The van der Waals surface area contributed by atoms with Crippen LogP contribution in [0.5, 0.6) is 5.88 Å². The zero-order valence-corrected chi connectivity index (χ0v) is 15.1. The molecule has 0 radical (unpaired) electrons. The average Bonchev–Trinajstić information content (AvgIpc) is 3.44. The van der Waals surface area contributed by atoms with E-state index in [0.717, 1.165) is 5.56 Å². The Hall–Kier alpha value is -2.60. The molecule has 1 heterocycles. The Labute approximate surface area is 156 Å². The molecule has 26 heavy (non-hydrogen) atoms. The van der Waals surface area contributed by atoms with Crippen molar-refractivity contribution in [2.75, 3.05) is 13.7 Å². The second kappa shape index (κ2) is 7.74. The molecule has 3 rings (SSSR count). The van der Waals surface area contributed by atoms with Crippen LogP contribution in [-0.2, 0) is 6.54 Å². The number of pyridine rings is 1. The van der Waals surface area contributed by atoms with Gasteiger partial charge in [-0.3, -0.25) is 4.79 Å². The zero-order chi connectivity index (χ0) is 18.7. The van der Waals surface area contributed by atoms with Crippen LogP contribution in [0.2, 0.25) is 5.02 Å². The number of carbonyl (C=O) groups is 2. The van der Waals surface area contributed by atoms with Crippen molar-refractivity contribution in [3.63, 3.8) is 0 Å². The van der Waals surface area contributed by atoms with E-state index >= 15 is 0 Å². The van der Waals surface area contributed by atoms with Crippen molar-refractivity contribution in [3.8, 4) is 5.88 Å². The fraction of sp³-hybridized carbons (Fsp3) is 0.316. The Balaban J connectivity index is 1.63. The van der Waals surface area contributed by atoms with E-state index in [1.165, 1.54) is 36.1 Å². The molecule has 1 aromatic carbocycles. The van der Waals surface area contributed by atoms with Crippen LogP contribution >= 0.6 is 11.6 Å². The van der Waals surface area contributed by atoms with Crippen LogP contribution in [0.25, 0.3) is 0 Å². The minimum Gasteiger partial charge on any atom is -0.478 e. The van der Waals surface area contributed by atoms with E-state index in [1.807, 2.05) is 0 Å². The number of nitrogens with zero attached hydrogens (tertiary/aromatic N) is 2. The predicted octanol–water partition coefficient (Wildman–Crippen LogP) is 3.49. The number of carbonyl (C=O) groups excluding carboxylic acids is 1. The van der Waals surface area contributed by atoms with Crippen molar-refractivity contribution in [2.24, 2.45) is 5.92 Å². The second-order valence-corrected chi connectivity index (χ2v) is 6.84. The molecule has 1 aromatic heterocycles. The quantitative estimate of drug-likeness (QED) is 0.802. The fourth-order valence-electron chi connectivity index (χ4n) is 2.45. The maximum absolute atomic E-state index is 12.6. The minimum absolute atomic E-state index is 0.209. The summed E-state index contributed by atoms with van der Waals surface area (Å²) in [6.07, 6.45) is 3.80. The first-order valence-corrected chi connectivity index (χ1v) is 8.68. The van der Waals surface area contributed by atoms with Crippen molar-refractivity contribution < 1.29 is 19.4 Å². The normalized spacial score (nSPS) is 13.3. The number of aromatic carboxylic acids is 1. The number of amides is 1. The number of carboxylic acid groups (broad SMARTS) is 1. The van der Waals surface area contributed by atoms with Gasteiger partial charge in [-0.15, -0.1) is 0 Å². The number of ether oxygens (including phenoxy) is 1. The SMILES string of the molecule is CN(Cc1ccc(C(=O)O)cc1)C(=O)c1cnc(OCC2CC2)c(Cl)c1. The number of aromatic nitrogens is 1. The molecule has 1 aliphatic carbocycles. The van der Waals surface area contributed by atoms with E-state index in [4.69, 9.17) is 21.4 Å². The molecule has 1 saturated carbocycles. The first-order chi connectivity index (χ1) is 12.4. The fourth-order valence-corrected chi connectivity index (χ4v) is 2.67. The molecule has 1 aliphatic rings. The van der Waals surface area contributed by atoms with Crippen LogP contribution < -0.4 is 4.74 Å². The molecule has 0 unspecified atom stereocenters. The lowest BCUT2D eigenvalue weighted by molar-refractivity contribution is 0.0695. The average molecular weight is 375 g/mol. The first-order valence-electron chi connectivity index (χ1n) is 8.30. The summed E-state index contributed by atoms with van der Waals surface area (Å²) >= 11 is 6.18. The Bertz CT molecular complexity index is 819.